The zero-order chi connectivity index (χ0) is 18.8. The number of hydrogen-bond donors (Lipinski definition) is 2. The molecule has 6 nitrogen and oxygen atoms in total. The van der Waals surface area contributed by atoms with Crippen LogP contribution in [0.2, 0.25) is 0 Å². The summed E-state index contributed by atoms with van der Waals surface area (Å²) in [7, 11) is -4.63. The van der Waals surface area contributed by atoms with Crippen molar-refractivity contribution >= 4 is 7.82 Å². The zero-order valence-corrected chi connectivity index (χ0v) is 21.2. The van der Waals surface area contributed by atoms with Gasteiger partial charge in [0.05, 0.1) is 0 Å². The van der Waals surface area contributed by atoms with Gasteiger partial charge in [0.15, 0.2) is 6.29 Å². The van der Waals surface area contributed by atoms with Crippen molar-refractivity contribution in [3.8, 4) is 0 Å². The Morgan fingerprint density at radius 3 is 1.77 bits per heavy atom. The molecule has 0 amide bonds. The van der Waals surface area contributed by atoms with Crippen LogP contribution in [0.5, 0.6) is 0 Å². The van der Waals surface area contributed by atoms with E-state index in [9.17, 15) is 4.57 Å². The van der Waals surface area contributed by atoms with Crippen LogP contribution in [-0.4, -0.2) is 22.7 Å². The van der Waals surface area contributed by atoms with Crippen molar-refractivity contribution < 1.29 is 81.5 Å². The first-order valence-electron chi connectivity index (χ1n) is 10.0. The summed E-state index contributed by atoms with van der Waals surface area (Å²) < 4.78 is 20.5. The number of phosphoric acid groups is 1. The molecule has 0 aliphatic carbocycles. The summed E-state index contributed by atoms with van der Waals surface area (Å²) in [6.45, 7) is 4.89. The molecule has 0 saturated heterocycles. The van der Waals surface area contributed by atoms with E-state index < -0.39 is 14.1 Å². The SMILES string of the molecule is CCCCCCCCCCCC(OCCCCCC)OOP(=O)(O)O.[H-].[K+]. The van der Waals surface area contributed by atoms with Crippen molar-refractivity contribution in [1.82, 2.24) is 0 Å². The fraction of sp³-hybridized carbons (Fsp3) is 1.00. The van der Waals surface area contributed by atoms with Gasteiger partial charge in [-0.05, 0) is 12.8 Å². The molecule has 1 unspecified atom stereocenters. The average molecular weight is 423 g/mol. The maximum absolute atomic E-state index is 10.8. The van der Waals surface area contributed by atoms with Gasteiger partial charge in [-0.1, -0.05) is 84.5 Å². The van der Waals surface area contributed by atoms with E-state index in [-0.39, 0.29) is 52.8 Å². The molecule has 1 atom stereocenters. The molecule has 8 heteroatoms. The predicted molar refractivity (Wildman–Crippen MR) is 101 cm³/mol. The van der Waals surface area contributed by atoms with Crippen molar-refractivity contribution in [2.45, 2.75) is 110 Å². The molecule has 0 aromatic rings. The third-order valence-electron chi connectivity index (χ3n) is 4.09. The topological polar surface area (TPSA) is 85.2 Å². The molecule has 0 heterocycles. The standard InChI is InChI=1S/C18H39O6P.K.H/c1-3-5-7-9-10-11-12-13-14-16-18(23-24-25(19,20)21)22-17-15-8-6-4-2;;/h18H,3-17H2,1-2H3,(H2,19,20,21);;/q;+1;-1. The van der Waals surface area contributed by atoms with E-state index in [4.69, 9.17) is 19.4 Å². The Balaban J connectivity index is -0.00000288. The summed E-state index contributed by atoms with van der Waals surface area (Å²) >= 11 is 0. The fourth-order valence-electron chi connectivity index (χ4n) is 2.63. The van der Waals surface area contributed by atoms with Gasteiger partial charge in [0.2, 0.25) is 0 Å². The third kappa shape index (κ3) is 23.7. The van der Waals surface area contributed by atoms with E-state index in [1.165, 1.54) is 44.9 Å². The van der Waals surface area contributed by atoms with Crippen molar-refractivity contribution in [1.29, 1.82) is 0 Å². The molecule has 0 saturated carbocycles. The number of rotatable bonds is 19. The molecule has 0 aromatic carbocycles. The predicted octanol–water partition coefficient (Wildman–Crippen LogP) is 2.99. The molecule has 0 fully saturated rings. The number of unbranched alkanes of at least 4 members (excludes halogenated alkanes) is 11. The van der Waals surface area contributed by atoms with Crippen LogP contribution in [-0.2, 0) is 18.9 Å². The molecule has 0 rings (SSSR count). The molecule has 2 N–H and O–H groups in total. The first-order chi connectivity index (χ1) is 12.0. The van der Waals surface area contributed by atoms with E-state index in [0.29, 0.717) is 13.0 Å². The average Bonchev–Trinajstić information content (AvgIpc) is 2.56. The first kappa shape index (κ1) is 29.9. The molecule has 0 radical (unpaired) electrons. The molecule has 0 bridgehead atoms. The van der Waals surface area contributed by atoms with Crippen LogP contribution in [0.3, 0.4) is 0 Å². The van der Waals surface area contributed by atoms with E-state index in [1.54, 1.807) is 0 Å². The fourth-order valence-corrected chi connectivity index (χ4v) is 2.84. The Labute approximate surface area is 204 Å². The third-order valence-corrected chi connectivity index (χ3v) is 4.37. The number of hydrogen-bond acceptors (Lipinski definition) is 4. The zero-order valence-electron chi connectivity index (χ0n) is 18.2. The van der Waals surface area contributed by atoms with Crippen molar-refractivity contribution in [3.63, 3.8) is 0 Å². The smallest absolute Gasteiger partial charge is 1.00 e. The van der Waals surface area contributed by atoms with Gasteiger partial charge in [0, 0.05) is 13.0 Å². The molecule has 0 aliphatic rings. The van der Waals surface area contributed by atoms with E-state index >= 15 is 0 Å². The Hall–Kier alpha value is 1.67. The van der Waals surface area contributed by atoms with Crippen LogP contribution in [0.4, 0.5) is 0 Å². The quantitative estimate of drug-likeness (QED) is 0.0831. The summed E-state index contributed by atoms with van der Waals surface area (Å²) in [6, 6.07) is 0. The van der Waals surface area contributed by atoms with Crippen LogP contribution in [0.15, 0.2) is 0 Å². The van der Waals surface area contributed by atoms with Crippen LogP contribution in [0.25, 0.3) is 0 Å². The van der Waals surface area contributed by atoms with Gasteiger partial charge in [-0.2, -0.15) is 4.89 Å². The van der Waals surface area contributed by atoms with Crippen molar-refractivity contribution in [3.05, 3.63) is 0 Å². The minimum absolute atomic E-state index is 0. The molecule has 154 valence electrons. The molecular formula is C18H40KO6P. The largest absolute Gasteiger partial charge is 1.00 e. The molecular weight excluding hydrogens is 382 g/mol. The maximum atomic E-state index is 10.8. The van der Waals surface area contributed by atoms with Gasteiger partial charge in [0.25, 0.3) is 0 Å². The van der Waals surface area contributed by atoms with Crippen LogP contribution in [0.1, 0.15) is 105 Å². The summed E-state index contributed by atoms with van der Waals surface area (Å²) in [5, 5.41) is 0. The second-order valence-corrected chi connectivity index (χ2v) is 7.77. The Morgan fingerprint density at radius 2 is 1.27 bits per heavy atom. The minimum Gasteiger partial charge on any atom is -1.00 e. The molecule has 26 heavy (non-hydrogen) atoms. The van der Waals surface area contributed by atoms with Crippen LogP contribution in [0, 0.1) is 0 Å². The van der Waals surface area contributed by atoms with Gasteiger partial charge >= 0.3 is 59.2 Å². The summed E-state index contributed by atoms with van der Waals surface area (Å²) in [6.07, 6.45) is 15.1. The van der Waals surface area contributed by atoms with Crippen LogP contribution >= 0.6 is 7.82 Å². The molecule has 0 aromatic heterocycles. The van der Waals surface area contributed by atoms with E-state index in [0.717, 1.165) is 38.5 Å². The second kappa shape index (κ2) is 21.4. The van der Waals surface area contributed by atoms with Gasteiger partial charge in [0.1, 0.15) is 0 Å². The minimum atomic E-state index is -4.63. The molecule has 0 spiro atoms. The van der Waals surface area contributed by atoms with E-state index in [2.05, 4.69) is 18.5 Å². The summed E-state index contributed by atoms with van der Waals surface area (Å²) in [5.74, 6) is 0. The monoisotopic (exact) mass is 422 g/mol. The Bertz CT molecular complexity index is 333. The second-order valence-electron chi connectivity index (χ2n) is 6.64. The van der Waals surface area contributed by atoms with Gasteiger partial charge in [-0.25, -0.2) is 4.57 Å². The van der Waals surface area contributed by atoms with E-state index in [1.807, 2.05) is 0 Å². The maximum Gasteiger partial charge on any atom is 1.00 e. The molecule has 0 aliphatic heterocycles. The summed E-state index contributed by atoms with van der Waals surface area (Å²) in [4.78, 5) is 22.3. The van der Waals surface area contributed by atoms with Gasteiger partial charge < -0.3 is 16.0 Å². The van der Waals surface area contributed by atoms with Crippen molar-refractivity contribution in [2.75, 3.05) is 6.61 Å². The van der Waals surface area contributed by atoms with Gasteiger partial charge in [-0.15, -0.1) is 4.67 Å². The number of ether oxygens (including phenoxy) is 1. The van der Waals surface area contributed by atoms with Gasteiger partial charge in [-0.3, -0.25) is 0 Å². The first-order valence-corrected chi connectivity index (χ1v) is 11.5. The Morgan fingerprint density at radius 1 is 0.808 bits per heavy atom. The Kier molecular flexibility index (Phi) is 24.6. The van der Waals surface area contributed by atoms with Crippen LogP contribution < -0.4 is 51.4 Å². The summed E-state index contributed by atoms with van der Waals surface area (Å²) in [5.41, 5.74) is 0. The normalized spacial score (nSPS) is 12.8. The van der Waals surface area contributed by atoms with Crippen molar-refractivity contribution in [2.24, 2.45) is 0 Å².